The topological polar surface area (TPSA) is 87.8 Å². The number of halogens is 5. The third-order valence-corrected chi connectivity index (χ3v) is 7.72. The van der Waals surface area contributed by atoms with Gasteiger partial charge in [0.25, 0.3) is 6.43 Å². The van der Waals surface area contributed by atoms with Gasteiger partial charge in [0, 0.05) is 23.2 Å². The van der Waals surface area contributed by atoms with E-state index >= 15 is 0 Å². The largest absolute Gasteiger partial charge is 0.404 e. The minimum atomic E-state index is -4.76. The summed E-state index contributed by atoms with van der Waals surface area (Å²) in [4.78, 5) is 3.68. The lowest BCUT2D eigenvalue weighted by Crippen LogP contribution is -2.42. The fraction of sp³-hybridized carbons (Fsp3) is 0.391. The van der Waals surface area contributed by atoms with Crippen molar-refractivity contribution in [2.75, 3.05) is 0 Å². The maximum Gasteiger partial charge on any atom is 0.404 e. The second-order valence-corrected chi connectivity index (χ2v) is 10.2. The van der Waals surface area contributed by atoms with Crippen molar-refractivity contribution in [2.45, 2.75) is 62.2 Å². The molecule has 1 aromatic carbocycles. The van der Waals surface area contributed by atoms with Gasteiger partial charge in [0.15, 0.2) is 0 Å². The molecule has 1 aliphatic carbocycles. The molecule has 2 aromatic heterocycles. The highest BCUT2D eigenvalue weighted by Gasteiger charge is 2.39. The lowest BCUT2D eigenvalue weighted by molar-refractivity contribution is -0.147. The summed E-state index contributed by atoms with van der Waals surface area (Å²) in [5.74, 6) is 0. The van der Waals surface area contributed by atoms with Crippen LogP contribution in [0.4, 0.5) is 22.0 Å². The van der Waals surface area contributed by atoms with E-state index in [9.17, 15) is 35.6 Å². The normalized spacial score (nSPS) is 16.2. The van der Waals surface area contributed by atoms with E-state index in [1.165, 1.54) is 18.2 Å². The van der Waals surface area contributed by atoms with Gasteiger partial charge in [0.2, 0.25) is 10.0 Å². The fourth-order valence-corrected chi connectivity index (χ4v) is 5.60. The number of sulfonamides is 1. The zero-order valence-corrected chi connectivity index (χ0v) is 19.3. The minimum Gasteiger partial charge on any atom is -0.335 e. The fourth-order valence-electron chi connectivity index (χ4n) is 4.42. The van der Waals surface area contributed by atoms with Crippen LogP contribution >= 0.6 is 0 Å². The third kappa shape index (κ3) is 4.75. The SMILES string of the molecule is C[C@H](NS(=O)(=O)c1ccc(-c2c(C#N)c3cc(C(F)F)ccc3n2C2CCCC2)nc1)C(F)(F)F. The van der Waals surface area contributed by atoms with E-state index in [0.29, 0.717) is 23.5 Å². The number of pyridine rings is 1. The van der Waals surface area contributed by atoms with Crippen molar-refractivity contribution >= 4 is 20.9 Å². The molecule has 0 aliphatic heterocycles. The number of rotatable bonds is 6. The minimum absolute atomic E-state index is 0.00786. The molecular formula is C23H21F5N4O2S. The summed E-state index contributed by atoms with van der Waals surface area (Å²) in [6.45, 7) is 0.687. The summed E-state index contributed by atoms with van der Waals surface area (Å²) in [5.41, 5.74) is 1.06. The van der Waals surface area contributed by atoms with Gasteiger partial charge in [0.1, 0.15) is 17.0 Å². The highest BCUT2D eigenvalue weighted by atomic mass is 32.2. The van der Waals surface area contributed by atoms with Crippen molar-refractivity contribution in [3.63, 3.8) is 0 Å². The van der Waals surface area contributed by atoms with Crippen LogP contribution in [0.5, 0.6) is 0 Å². The number of benzene rings is 1. The number of hydrogen-bond donors (Lipinski definition) is 1. The Kier molecular flexibility index (Phi) is 6.59. The number of hydrogen-bond acceptors (Lipinski definition) is 4. The van der Waals surface area contributed by atoms with Crippen LogP contribution in [0.2, 0.25) is 0 Å². The van der Waals surface area contributed by atoms with Crippen LogP contribution in [0.3, 0.4) is 0 Å². The molecule has 1 fully saturated rings. The predicted molar refractivity (Wildman–Crippen MR) is 118 cm³/mol. The van der Waals surface area contributed by atoms with Crippen LogP contribution < -0.4 is 4.72 Å². The van der Waals surface area contributed by atoms with E-state index in [2.05, 4.69) is 11.1 Å². The van der Waals surface area contributed by atoms with Crippen molar-refractivity contribution in [3.05, 3.63) is 47.7 Å². The van der Waals surface area contributed by atoms with E-state index in [1.54, 1.807) is 10.8 Å². The molecule has 35 heavy (non-hydrogen) atoms. The lowest BCUT2D eigenvalue weighted by Gasteiger charge is -2.19. The molecule has 0 radical (unpaired) electrons. The van der Waals surface area contributed by atoms with Crippen LogP contribution in [0.15, 0.2) is 41.4 Å². The molecule has 0 bridgehead atoms. The average molecular weight is 513 g/mol. The summed E-state index contributed by atoms with van der Waals surface area (Å²) in [5, 5.41) is 10.3. The Balaban J connectivity index is 1.83. The molecule has 1 saturated carbocycles. The van der Waals surface area contributed by atoms with Gasteiger partial charge in [-0.15, -0.1) is 0 Å². The Labute approximate surface area is 198 Å². The van der Waals surface area contributed by atoms with Gasteiger partial charge in [-0.3, -0.25) is 4.98 Å². The molecule has 3 aromatic rings. The summed E-state index contributed by atoms with van der Waals surface area (Å²) >= 11 is 0. The van der Waals surface area contributed by atoms with Crippen LogP contribution in [0, 0.1) is 11.3 Å². The van der Waals surface area contributed by atoms with Crippen molar-refractivity contribution in [3.8, 4) is 17.5 Å². The number of nitriles is 1. The smallest absolute Gasteiger partial charge is 0.335 e. The molecule has 6 nitrogen and oxygen atoms in total. The summed E-state index contributed by atoms with van der Waals surface area (Å²) in [6.07, 6.45) is -3.04. The quantitative estimate of drug-likeness (QED) is 0.420. The van der Waals surface area contributed by atoms with Crippen LogP contribution in [-0.2, 0) is 10.0 Å². The first-order chi connectivity index (χ1) is 16.4. The van der Waals surface area contributed by atoms with Gasteiger partial charge in [0.05, 0.1) is 22.5 Å². The van der Waals surface area contributed by atoms with Gasteiger partial charge in [-0.1, -0.05) is 18.9 Å². The van der Waals surface area contributed by atoms with Crippen molar-refractivity contribution in [2.24, 2.45) is 0 Å². The van der Waals surface area contributed by atoms with Crippen molar-refractivity contribution in [1.29, 1.82) is 5.26 Å². The molecule has 186 valence electrons. The maximum atomic E-state index is 13.3. The zero-order chi connectivity index (χ0) is 25.5. The highest BCUT2D eigenvalue weighted by molar-refractivity contribution is 7.89. The summed E-state index contributed by atoms with van der Waals surface area (Å²) in [7, 11) is -4.51. The molecule has 0 unspecified atom stereocenters. The molecule has 1 atom stereocenters. The number of alkyl halides is 5. The van der Waals surface area contributed by atoms with Crippen molar-refractivity contribution < 1.29 is 30.4 Å². The van der Waals surface area contributed by atoms with Gasteiger partial charge >= 0.3 is 6.18 Å². The molecule has 1 N–H and O–H groups in total. The Morgan fingerprint density at radius 2 is 1.86 bits per heavy atom. The number of aromatic nitrogens is 2. The number of nitrogens with zero attached hydrogens (tertiary/aromatic N) is 3. The Morgan fingerprint density at radius 1 is 1.17 bits per heavy atom. The maximum absolute atomic E-state index is 13.3. The lowest BCUT2D eigenvalue weighted by atomic mass is 10.1. The first kappa shape index (κ1) is 25.1. The van der Waals surface area contributed by atoms with E-state index < -0.39 is 33.6 Å². The second kappa shape index (κ2) is 9.20. The zero-order valence-electron chi connectivity index (χ0n) is 18.5. The number of fused-ring (bicyclic) bond motifs is 1. The number of nitrogens with one attached hydrogen (secondary N) is 1. The van der Waals surface area contributed by atoms with E-state index in [4.69, 9.17) is 0 Å². The molecule has 0 saturated heterocycles. The van der Waals surface area contributed by atoms with Gasteiger partial charge in [-0.05, 0) is 44.0 Å². The molecule has 12 heteroatoms. The van der Waals surface area contributed by atoms with E-state index in [-0.39, 0.29) is 22.9 Å². The first-order valence-corrected chi connectivity index (χ1v) is 12.3. The van der Waals surface area contributed by atoms with Crippen LogP contribution in [0.1, 0.15) is 56.2 Å². The predicted octanol–water partition coefficient (Wildman–Crippen LogP) is 5.86. The third-order valence-electron chi connectivity index (χ3n) is 6.19. The average Bonchev–Trinajstić information content (AvgIpc) is 3.43. The summed E-state index contributed by atoms with van der Waals surface area (Å²) < 4.78 is 93.4. The molecular weight excluding hydrogens is 491 g/mol. The second-order valence-electron chi connectivity index (χ2n) is 8.48. The van der Waals surface area contributed by atoms with Crippen molar-refractivity contribution in [1.82, 2.24) is 14.3 Å². The molecule has 1 aliphatic rings. The standard InChI is InChI=1S/C23H21F5N4O2S/c1-13(23(26,27)28)31-35(33,34)16-7-8-19(30-12-16)21-18(11-29)17-10-14(22(24)25)6-9-20(17)32(21)15-4-2-3-5-15/h6-10,12-13,15,22,31H,2-5H2,1H3/t13-/m0/s1. The molecule has 2 heterocycles. The first-order valence-electron chi connectivity index (χ1n) is 10.9. The van der Waals surface area contributed by atoms with Gasteiger partial charge in [-0.2, -0.15) is 23.2 Å². The molecule has 4 rings (SSSR count). The van der Waals surface area contributed by atoms with Gasteiger partial charge < -0.3 is 4.57 Å². The van der Waals surface area contributed by atoms with E-state index in [1.807, 2.05) is 4.57 Å². The Morgan fingerprint density at radius 3 is 2.40 bits per heavy atom. The van der Waals surface area contributed by atoms with Gasteiger partial charge in [-0.25, -0.2) is 17.2 Å². The Hall–Kier alpha value is -3.04. The van der Waals surface area contributed by atoms with Crippen LogP contribution in [-0.4, -0.2) is 30.2 Å². The monoisotopic (exact) mass is 512 g/mol. The van der Waals surface area contributed by atoms with E-state index in [0.717, 1.165) is 37.9 Å². The Bertz CT molecular complexity index is 1390. The van der Waals surface area contributed by atoms with Crippen LogP contribution in [0.25, 0.3) is 22.3 Å². The highest BCUT2D eigenvalue weighted by Crippen LogP contribution is 2.41. The summed E-state index contributed by atoms with van der Waals surface area (Å²) in [6, 6.07) is 6.30. The molecule has 0 spiro atoms. The molecule has 0 amide bonds.